The van der Waals surface area contributed by atoms with E-state index in [1.165, 1.54) is 0 Å². The molecule has 0 aromatic carbocycles. The molecule has 66 valence electrons. The molecule has 0 unspecified atom stereocenters. The topological polar surface area (TPSA) is 0 Å². The van der Waals surface area contributed by atoms with E-state index in [4.69, 9.17) is 14.2 Å². The van der Waals surface area contributed by atoms with E-state index in [1.807, 2.05) is 24.3 Å². The highest BCUT2D eigenvalue weighted by Gasteiger charge is 2.17. The molecule has 1 rings (SSSR count). The van der Waals surface area contributed by atoms with Gasteiger partial charge in [-0.2, -0.15) is 0 Å². The Hall–Kier alpha value is -0.300. The normalized spacial score (nSPS) is 18.8. The highest BCUT2D eigenvalue weighted by Crippen LogP contribution is 2.45. The van der Waals surface area contributed by atoms with E-state index in [2.05, 4.69) is 19.1 Å². The van der Waals surface area contributed by atoms with Gasteiger partial charge in [0, 0.05) is 5.25 Å². The van der Waals surface area contributed by atoms with Crippen LogP contribution >= 0.6 is 9.73 Å². The van der Waals surface area contributed by atoms with Gasteiger partial charge in [0.05, 0.1) is 0 Å². The molecule has 0 saturated carbocycles. The van der Waals surface area contributed by atoms with Crippen molar-refractivity contribution in [2.45, 2.75) is 18.6 Å². The first-order valence-corrected chi connectivity index (χ1v) is 6.53. The molecule has 0 fully saturated rings. The maximum absolute atomic E-state index is 6.10. The average molecular weight is 188 g/mol. The van der Waals surface area contributed by atoms with Crippen LogP contribution in [0.5, 0.6) is 0 Å². The first-order chi connectivity index (χ1) is 6.17. The Labute approximate surface area is 85.1 Å². The minimum Gasteiger partial charge on any atom is -0.314 e. The molecule has 0 amide bonds. The lowest BCUT2D eigenvalue weighted by Crippen LogP contribution is -2.17. The number of hydrogen-bond donors (Lipinski definition) is 0. The SMILES string of the molecule is [B]S([B])(CCC)C1C=CC=CC=C1. The molecule has 0 aromatic rings. The Morgan fingerprint density at radius 2 is 1.62 bits per heavy atom. The predicted molar refractivity (Wildman–Crippen MR) is 65.5 cm³/mol. The summed E-state index contributed by atoms with van der Waals surface area (Å²) in [6.07, 6.45) is 13.3. The fourth-order valence-corrected chi connectivity index (χ4v) is 3.07. The van der Waals surface area contributed by atoms with Gasteiger partial charge in [0.15, 0.2) is 0 Å². The van der Waals surface area contributed by atoms with Crippen molar-refractivity contribution in [3.05, 3.63) is 36.5 Å². The molecule has 4 radical (unpaired) electrons. The average Bonchev–Trinajstić information content (AvgIpc) is 2.31. The Bertz CT molecular complexity index is 225. The molecule has 0 aliphatic heterocycles. The van der Waals surface area contributed by atoms with Crippen LogP contribution in [0.3, 0.4) is 0 Å². The highest BCUT2D eigenvalue weighted by atomic mass is 32.3. The van der Waals surface area contributed by atoms with Crippen LogP contribution in [-0.4, -0.2) is 25.3 Å². The zero-order chi connectivity index (χ0) is 9.73. The molecular formula is C10H14B2S. The van der Waals surface area contributed by atoms with Crippen LogP contribution < -0.4 is 0 Å². The van der Waals surface area contributed by atoms with Gasteiger partial charge < -0.3 is 9.73 Å². The van der Waals surface area contributed by atoms with Gasteiger partial charge in [-0.15, -0.1) is 0 Å². The van der Waals surface area contributed by atoms with Crippen molar-refractivity contribution in [2.24, 2.45) is 0 Å². The molecule has 0 atom stereocenters. The quantitative estimate of drug-likeness (QED) is 0.596. The van der Waals surface area contributed by atoms with Crippen LogP contribution in [0.2, 0.25) is 0 Å². The third kappa shape index (κ3) is 3.15. The Morgan fingerprint density at radius 1 is 1.08 bits per heavy atom. The Balaban J connectivity index is 2.70. The van der Waals surface area contributed by atoms with Crippen molar-refractivity contribution >= 4 is 24.0 Å². The summed E-state index contributed by atoms with van der Waals surface area (Å²) in [5.41, 5.74) is 0. The molecule has 1 aliphatic rings. The second kappa shape index (κ2) is 4.80. The molecular weight excluding hydrogens is 174 g/mol. The van der Waals surface area contributed by atoms with Crippen molar-refractivity contribution in [1.82, 2.24) is 0 Å². The molecule has 0 spiro atoms. The summed E-state index contributed by atoms with van der Waals surface area (Å²) in [6, 6.07) is 0. The van der Waals surface area contributed by atoms with Crippen LogP contribution in [0.4, 0.5) is 0 Å². The summed E-state index contributed by atoms with van der Waals surface area (Å²) in [5.74, 6) is 0.923. The van der Waals surface area contributed by atoms with Gasteiger partial charge in [-0.1, -0.05) is 49.8 Å². The summed E-state index contributed by atoms with van der Waals surface area (Å²) >= 11 is 0. The van der Waals surface area contributed by atoms with E-state index in [-0.39, 0.29) is 5.25 Å². The standard InChI is InChI=1S/C10H14B2S/c1-2-9-13(11,12)10-7-5-3-4-6-8-10/h3-8,10H,2,9H2,1H3. The minimum atomic E-state index is -1.47. The zero-order valence-electron chi connectivity index (χ0n) is 8.02. The van der Waals surface area contributed by atoms with Gasteiger partial charge in [-0.05, 0) is 5.75 Å². The summed E-state index contributed by atoms with van der Waals surface area (Å²) in [7, 11) is 10.7. The molecule has 0 N–H and O–H groups in total. The van der Waals surface area contributed by atoms with Gasteiger partial charge in [-0.25, -0.2) is 0 Å². The lowest BCUT2D eigenvalue weighted by Gasteiger charge is -2.37. The van der Waals surface area contributed by atoms with Crippen LogP contribution in [0.25, 0.3) is 0 Å². The zero-order valence-corrected chi connectivity index (χ0v) is 8.84. The van der Waals surface area contributed by atoms with Gasteiger partial charge in [0.1, 0.15) is 14.2 Å². The number of allylic oxidation sites excluding steroid dienone is 4. The number of rotatable bonds is 3. The van der Waals surface area contributed by atoms with E-state index in [0.29, 0.717) is 0 Å². The van der Waals surface area contributed by atoms with Gasteiger partial charge >= 0.3 is 0 Å². The summed E-state index contributed by atoms with van der Waals surface area (Å²) in [6.45, 7) is 2.11. The molecule has 3 heteroatoms. The predicted octanol–water partition coefficient (Wildman–Crippen LogP) is 2.42. The molecule has 0 saturated heterocycles. The fourth-order valence-electron chi connectivity index (χ4n) is 1.32. The van der Waals surface area contributed by atoms with Crippen molar-refractivity contribution in [3.63, 3.8) is 0 Å². The van der Waals surface area contributed by atoms with Gasteiger partial charge in [0.25, 0.3) is 0 Å². The molecule has 0 heterocycles. The van der Waals surface area contributed by atoms with Crippen LogP contribution in [0, 0.1) is 0 Å². The molecule has 0 aromatic heterocycles. The van der Waals surface area contributed by atoms with E-state index in [0.717, 1.165) is 12.2 Å². The van der Waals surface area contributed by atoms with Crippen molar-refractivity contribution < 1.29 is 0 Å². The van der Waals surface area contributed by atoms with Crippen LogP contribution in [0.1, 0.15) is 13.3 Å². The third-order valence-electron chi connectivity index (χ3n) is 2.00. The number of hydrogen-bond acceptors (Lipinski definition) is 0. The summed E-state index contributed by atoms with van der Waals surface area (Å²) in [5, 5.41) is 0.224. The summed E-state index contributed by atoms with van der Waals surface area (Å²) in [4.78, 5) is 0. The van der Waals surface area contributed by atoms with E-state index >= 15 is 0 Å². The lowest BCUT2D eigenvalue weighted by atomic mass is 10.4. The van der Waals surface area contributed by atoms with E-state index < -0.39 is 9.73 Å². The maximum atomic E-state index is 6.10. The van der Waals surface area contributed by atoms with Crippen molar-refractivity contribution in [2.75, 3.05) is 5.75 Å². The van der Waals surface area contributed by atoms with E-state index in [9.17, 15) is 0 Å². The van der Waals surface area contributed by atoms with Gasteiger partial charge in [0.2, 0.25) is 0 Å². The molecule has 0 nitrogen and oxygen atoms in total. The lowest BCUT2D eigenvalue weighted by molar-refractivity contribution is 1.10. The molecule has 0 bridgehead atoms. The van der Waals surface area contributed by atoms with Crippen molar-refractivity contribution in [1.29, 1.82) is 0 Å². The smallest absolute Gasteiger partial charge is 0.125 e. The molecule has 13 heavy (non-hydrogen) atoms. The highest BCUT2D eigenvalue weighted by molar-refractivity contribution is 8.64. The van der Waals surface area contributed by atoms with Crippen LogP contribution in [0.15, 0.2) is 36.5 Å². The second-order valence-electron chi connectivity index (χ2n) is 3.23. The molecule has 1 aliphatic carbocycles. The van der Waals surface area contributed by atoms with E-state index in [1.54, 1.807) is 0 Å². The summed E-state index contributed by atoms with van der Waals surface area (Å²) < 4.78 is 0. The van der Waals surface area contributed by atoms with Gasteiger partial charge in [-0.3, -0.25) is 0 Å². The Kier molecular flexibility index (Phi) is 3.98. The second-order valence-corrected chi connectivity index (χ2v) is 6.00. The first-order valence-electron chi connectivity index (χ1n) is 4.54. The largest absolute Gasteiger partial charge is 0.314 e. The third-order valence-corrected chi connectivity index (χ3v) is 4.44. The fraction of sp³-hybridized carbons (Fsp3) is 0.400. The maximum Gasteiger partial charge on any atom is 0.125 e. The Morgan fingerprint density at radius 3 is 2.08 bits per heavy atom. The first kappa shape index (κ1) is 10.8. The minimum absolute atomic E-state index is 0.224. The monoisotopic (exact) mass is 188 g/mol. The van der Waals surface area contributed by atoms with Crippen molar-refractivity contribution in [3.8, 4) is 0 Å². The van der Waals surface area contributed by atoms with Crippen LogP contribution in [-0.2, 0) is 0 Å².